The lowest BCUT2D eigenvalue weighted by Gasteiger charge is -2.44. The molecule has 2 atom stereocenters. The SMILES string of the molecule is CCn1ncc(CN2CCN(C(=O)CC(C)C)[C@H]3CS(=O)(=O)C[C@H]32)c1C. The van der Waals surface area contributed by atoms with Crippen molar-refractivity contribution < 1.29 is 13.2 Å². The van der Waals surface area contributed by atoms with E-state index in [-0.39, 0.29) is 35.4 Å². The van der Waals surface area contributed by atoms with Gasteiger partial charge < -0.3 is 4.90 Å². The van der Waals surface area contributed by atoms with Gasteiger partial charge in [0.05, 0.1) is 23.7 Å². The molecular formula is C18H30N4O3S. The third-order valence-electron chi connectivity index (χ3n) is 5.57. The smallest absolute Gasteiger partial charge is 0.223 e. The number of piperazine rings is 1. The number of aromatic nitrogens is 2. The number of hydrogen-bond acceptors (Lipinski definition) is 5. The van der Waals surface area contributed by atoms with Crippen molar-refractivity contribution in [1.29, 1.82) is 0 Å². The monoisotopic (exact) mass is 382 g/mol. The first-order valence-electron chi connectivity index (χ1n) is 9.47. The van der Waals surface area contributed by atoms with Crippen LogP contribution in [0.1, 0.15) is 38.4 Å². The summed E-state index contributed by atoms with van der Waals surface area (Å²) in [6.45, 7) is 11.0. The molecule has 0 unspecified atom stereocenters. The average Bonchev–Trinajstić information content (AvgIpc) is 3.06. The second-order valence-electron chi connectivity index (χ2n) is 7.94. The number of carbonyl (C=O) groups excluding carboxylic acids is 1. The van der Waals surface area contributed by atoms with E-state index in [1.54, 1.807) is 0 Å². The van der Waals surface area contributed by atoms with E-state index in [9.17, 15) is 13.2 Å². The van der Waals surface area contributed by atoms with Crippen molar-refractivity contribution >= 4 is 15.7 Å². The van der Waals surface area contributed by atoms with E-state index < -0.39 is 9.84 Å². The van der Waals surface area contributed by atoms with Gasteiger partial charge in [0.1, 0.15) is 0 Å². The number of carbonyl (C=O) groups is 1. The summed E-state index contributed by atoms with van der Waals surface area (Å²) in [7, 11) is -3.11. The van der Waals surface area contributed by atoms with Crippen LogP contribution in [0.4, 0.5) is 0 Å². The van der Waals surface area contributed by atoms with Crippen molar-refractivity contribution in [3.63, 3.8) is 0 Å². The zero-order valence-electron chi connectivity index (χ0n) is 16.2. The van der Waals surface area contributed by atoms with Gasteiger partial charge in [0.2, 0.25) is 5.91 Å². The Balaban J connectivity index is 1.80. The molecule has 2 fully saturated rings. The second kappa shape index (κ2) is 7.31. The largest absolute Gasteiger partial charge is 0.336 e. The zero-order chi connectivity index (χ0) is 19.1. The molecule has 1 amide bonds. The van der Waals surface area contributed by atoms with Gasteiger partial charge in [-0.1, -0.05) is 13.8 Å². The summed E-state index contributed by atoms with van der Waals surface area (Å²) in [4.78, 5) is 16.7. The Morgan fingerprint density at radius 2 is 1.96 bits per heavy atom. The zero-order valence-corrected chi connectivity index (χ0v) is 17.0. The minimum atomic E-state index is -3.11. The van der Waals surface area contributed by atoms with Crippen LogP contribution in [0.25, 0.3) is 0 Å². The van der Waals surface area contributed by atoms with E-state index in [0.717, 1.165) is 17.8 Å². The number of sulfone groups is 1. The predicted octanol–water partition coefficient (Wildman–Crippen LogP) is 1.07. The number of rotatable bonds is 5. The Morgan fingerprint density at radius 3 is 2.58 bits per heavy atom. The topological polar surface area (TPSA) is 75.5 Å². The molecule has 0 radical (unpaired) electrons. The Kier molecular flexibility index (Phi) is 5.44. The van der Waals surface area contributed by atoms with Gasteiger partial charge in [-0.2, -0.15) is 5.10 Å². The molecule has 2 aliphatic rings. The molecule has 0 aliphatic carbocycles. The summed E-state index contributed by atoms with van der Waals surface area (Å²) in [5, 5.41) is 4.40. The highest BCUT2D eigenvalue weighted by Crippen LogP contribution is 2.29. The van der Waals surface area contributed by atoms with Gasteiger partial charge in [0.25, 0.3) is 0 Å². The molecule has 0 saturated carbocycles. The minimum Gasteiger partial charge on any atom is -0.336 e. The molecule has 2 saturated heterocycles. The second-order valence-corrected chi connectivity index (χ2v) is 10.1. The van der Waals surface area contributed by atoms with Crippen molar-refractivity contribution in [2.24, 2.45) is 5.92 Å². The molecule has 2 aliphatic heterocycles. The highest BCUT2D eigenvalue weighted by atomic mass is 32.2. The first-order chi connectivity index (χ1) is 12.2. The van der Waals surface area contributed by atoms with E-state index in [2.05, 4.69) is 23.8 Å². The summed E-state index contributed by atoms with van der Waals surface area (Å²) in [5.41, 5.74) is 2.26. The molecule has 0 spiro atoms. The predicted molar refractivity (Wildman–Crippen MR) is 100 cm³/mol. The van der Waals surface area contributed by atoms with E-state index in [1.807, 2.05) is 29.6 Å². The van der Waals surface area contributed by atoms with Crippen LogP contribution in [0.3, 0.4) is 0 Å². The molecule has 0 bridgehead atoms. The standard InChI is InChI=1S/C18H30N4O3S/c1-5-22-14(4)15(9-19-22)10-20-6-7-21(18(23)8-13(2)3)17-12-26(24,25)11-16(17)20/h9,13,16-17H,5-8,10-12H2,1-4H3/t16-,17+/m1/s1. The van der Waals surface area contributed by atoms with Crippen LogP contribution in [-0.4, -0.2) is 70.6 Å². The Bertz CT molecular complexity index is 771. The van der Waals surface area contributed by atoms with Crippen LogP contribution >= 0.6 is 0 Å². The fourth-order valence-electron chi connectivity index (χ4n) is 4.18. The van der Waals surface area contributed by atoms with Crippen LogP contribution in [0.2, 0.25) is 0 Å². The maximum Gasteiger partial charge on any atom is 0.223 e. The summed E-state index contributed by atoms with van der Waals surface area (Å²) >= 11 is 0. The normalized spacial score (nSPS) is 25.7. The fourth-order valence-corrected chi connectivity index (χ4v) is 6.19. The fraction of sp³-hybridized carbons (Fsp3) is 0.778. The van der Waals surface area contributed by atoms with E-state index >= 15 is 0 Å². The quantitative estimate of drug-likeness (QED) is 0.761. The van der Waals surface area contributed by atoms with Crippen molar-refractivity contribution in [2.75, 3.05) is 24.6 Å². The number of aryl methyl sites for hydroxylation is 1. The molecular weight excluding hydrogens is 352 g/mol. The number of nitrogens with zero attached hydrogens (tertiary/aromatic N) is 4. The lowest BCUT2D eigenvalue weighted by Crippen LogP contribution is -2.60. The van der Waals surface area contributed by atoms with Crippen molar-refractivity contribution in [1.82, 2.24) is 19.6 Å². The third kappa shape index (κ3) is 3.81. The van der Waals surface area contributed by atoms with Crippen LogP contribution in [0.15, 0.2) is 6.20 Å². The van der Waals surface area contributed by atoms with Crippen LogP contribution in [0, 0.1) is 12.8 Å². The first kappa shape index (κ1) is 19.4. The van der Waals surface area contributed by atoms with Crippen LogP contribution in [-0.2, 0) is 27.7 Å². The number of amides is 1. The lowest BCUT2D eigenvalue weighted by atomic mass is 10.0. The first-order valence-corrected chi connectivity index (χ1v) is 11.3. The highest BCUT2D eigenvalue weighted by molar-refractivity contribution is 7.91. The third-order valence-corrected chi connectivity index (χ3v) is 7.27. The van der Waals surface area contributed by atoms with Gasteiger partial charge in [-0.15, -0.1) is 0 Å². The molecule has 3 heterocycles. The highest BCUT2D eigenvalue weighted by Gasteiger charge is 2.47. The maximum atomic E-state index is 12.6. The minimum absolute atomic E-state index is 0.0849. The molecule has 0 N–H and O–H groups in total. The molecule has 8 heteroatoms. The Labute approximate surface area is 156 Å². The van der Waals surface area contributed by atoms with Crippen molar-refractivity contribution in [2.45, 2.75) is 59.3 Å². The van der Waals surface area contributed by atoms with Gasteiger partial charge in [-0.3, -0.25) is 14.4 Å². The molecule has 26 heavy (non-hydrogen) atoms. The summed E-state index contributed by atoms with van der Waals surface area (Å²) in [6, 6.07) is -0.337. The van der Waals surface area contributed by atoms with E-state index in [1.165, 1.54) is 0 Å². The molecule has 146 valence electrons. The van der Waals surface area contributed by atoms with Crippen molar-refractivity contribution in [3.8, 4) is 0 Å². The summed E-state index contributed by atoms with van der Waals surface area (Å²) < 4.78 is 26.6. The van der Waals surface area contributed by atoms with Crippen LogP contribution in [0.5, 0.6) is 0 Å². The van der Waals surface area contributed by atoms with Gasteiger partial charge in [0, 0.05) is 49.9 Å². The molecule has 7 nitrogen and oxygen atoms in total. The summed E-state index contributed by atoms with van der Waals surface area (Å²) in [5.74, 6) is 0.594. The van der Waals surface area contributed by atoms with Crippen molar-refractivity contribution in [3.05, 3.63) is 17.5 Å². The van der Waals surface area contributed by atoms with Gasteiger partial charge >= 0.3 is 0 Å². The summed E-state index contributed by atoms with van der Waals surface area (Å²) in [6.07, 6.45) is 2.36. The van der Waals surface area contributed by atoms with Gasteiger partial charge in [-0.25, -0.2) is 8.42 Å². The Hall–Kier alpha value is -1.41. The van der Waals surface area contributed by atoms with E-state index in [0.29, 0.717) is 26.1 Å². The number of fused-ring (bicyclic) bond motifs is 1. The van der Waals surface area contributed by atoms with Gasteiger partial charge in [-0.05, 0) is 19.8 Å². The molecule has 1 aromatic heterocycles. The Morgan fingerprint density at radius 1 is 1.27 bits per heavy atom. The number of hydrogen-bond donors (Lipinski definition) is 0. The average molecular weight is 383 g/mol. The van der Waals surface area contributed by atoms with Gasteiger partial charge in [0.15, 0.2) is 9.84 Å². The molecule has 1 aromatic rings. The molecule has 0 aromatic carbocycles. The lowest BCUT2D eigenvalue weighted by molar-refractivity contribution is -0.137. The van der Waals surface area contributed by atoms with E-state index in [4.69, 9.17) is 0 Å². The van der Waals surface area contributed by atoms with Crippen LogP contribution < -0.4 is 0 Å². The molecule has 3 rings (SSSR count). The maximum absolute atomic E-state index is 12.6.